The second-order valence-electron chi connectivity index (χ2n) is 8.68. The summed E-state index contributed by atoms with van der Waals surface area (Å²) in [5, 5.41) is 2.79. The van der Waals surface area contributed by atoms with Gasteiger partial charge in [-0.2, -0.15) is 0 Å². The van der Waals surface area contributed by atoms with Gasteiger partial charge in [-0.25, -0.2) is 9.37 Å². The van der Waals surface area contributed by atoms with Crippen LogP contribution in [0.25, 0.3) is 10.6 Å². The molecule has 2 aliphatic heterocycles. The third-order valence-corrected chi connectivity index (χ3v) is 7.59. The SMILES string of the molecule is Cc1ccc(-c2nccs2)c(C(=O)N2C3CC(C3)[C@H](C)[C@H]2COc2ccc(F)cc2)c1. The Morgan fingerprint density at radius 1 is 1.23 bits per heavy atom. The van der Waals surface area contributed by atoms with Crippen molar-refractivity contribution in [3.05, 3.63) is 71.0 Å². The van der Waals surface area contributed by atoms with E-state index in [4.69, 9.17) is 4.74 Å². The number of benzene rings is 2. The highest BCUT2D eigenvalue weighted by Crippen LogP contribution is 2.47. The van der Waals surface area contributed by atoms with Crippen LogP contribution in [0.4, 0.5) is 4.39 Å². The highest BCUT2D eigenvalue weighted by Gasteiger charge is 2.51. The second kappa shape index (κ2) is 8.08. The lowest BCUT2D eigenvalue weighted by Crippen LogP contribution is -2.64. The Bertz CT molecular complexity index is 1080. The molecule has 1 aromatic heterocycles. The normalized spacial score (nSPS) is 24.5. The molecule has 3 heterocycles. The van der Waals surface area contributed by atoms with E-state index in [0.717, 1.165) is 29.0 Å². The smallest absolute Gasteiger partial charge is 0.255 e. The van der Waals surface area contributed by atoms with Gasteiger partial charge in [-0.1, -0.05) is 24.6 Å². The molecule has 2 bridgehead atoms. The fourth-order valence-corrected chi connectivity index (χ4v) is 5.58. The van der Waals surface area contributed by atoms with Gasteiger partial charge in [0.1, 0.15) is 23.2 Å². The number of piperidine rings is 2. The predicted molar refractivity (Wildman–Crippen MR) is 120 cm³/mol. The highest BCUT2D eigenvalue weighted by molar-refractivity contribution is 7.13. The standard InChI is InChI=1S/C25H25FN2O2S/c1-15-3-8-21(24-27-9-10-31-24)22(11-15)25(29)28-19-12-17(13-19)16(2)23(28)14-30-20-6-4-18(26)5-7-20/h3-11,16-17,19,23H,12-14H2,1-2H3/t16-,17?,19?,23+/m0/s1. The number of ether oxygens (including phenoxy) is 1. The number of nitrogens with zero attached hydrogens (tertiary/aromatic N) is 2. The van der Waals surface area contributed by atoms with Crippen molar-refractivity contribution in [2.75, 3.05) is 6.61 Å². The molecule has 2 atom stereocenters. The van der Waals surface area contributed by atoms with Gasteiger partial charge in [0, 0.05) is 23.2 Å². The van der Waals surface area contributed by atoms with Crippen LogP contribution in [0, 0.1) is 24.6 Å². The van der Waals surface area contributed by atoms with E-state index in [1.807, 2.05) is 30.5 Å². The maximum atomic E-state index is 13.9. The predicted octanol–water partition coefficient (Wildman–Crippen LogP) is 5.58. The number of amides is 1. The molecule has 4 nitrogen and oxygen atoms in total. The molecule has 3 aromatic rings. The molecule has 2 aromatic carbocycles. The monoisotopic (exact) mass is 436 g/mol. The Kier molecular flexibility index (Phi) is 5.26. The summed E-state index contributed by atoms with van der Waals surface area (Å²) in [7, 11) is 0. The number of aromatic nitrogens is 1. The van der Waals surface area contributed by atoms with Gasteiger partial charge >= 0.3 is 0 Å². The molecular weight excluding hydrogens is 411 g/mol. The summed E-state index contributed by atoms with van der Waals surface area (Å²) >= 11 is 1.54. The van der Waals surface area contributed by atoms with E-state index >= 15 is 0 Å². The van der Waals surface area contributed by atoms with Crippen LogP contribution in [0.3, 0.4) is 0 Å². The fraction of sp³-hybridized carbons (Fsp3) is 0.360. The second-order valence-corrected chi connectivity index (χ2v) is 9.57. The van der Waals surface area contributed by atoms with E-state index in [1.165, 1.54) is 12.1 Å². The maximum Gasteiger partial charge on any atom is 0.255 e. The van der Waals surface area contributed by atoms with E-state index in [0.29, 0.717) is 29.8 Å². The molecular formula is C25H25FN2O2S. The van der Waals surface area contributed by atoms with E-state index < -0.39 is 0 Å². The summed E-state index contributed by atoms with van der Waals surface area (Å²) in [6.45, 7) is 4.64. The van der Waals surface area contributed by atoms with E-state index in [2.05, 4.69) is 16.8 Å². The lowest BCUT2D eigenvalue weighted by molar-refractivity contribution is -0.0670. The minimum Gasteiger partial charge on any atom is -0.491 e. The van der Waals surface area contributed by atoms with Crippen molar-refractivity contribution in [3.8, 4) is 16.3 Å². The molecule has 2 saturated heterocycles. The molecule has 0 spiro atoms. The molecule has 1 amide bonds. The number of carbonyl (C=O) groups is 1. The van der Waals surface area contributed by atoms with Crippen molar-refractivity contribution in [2.24, 2.45) is 11.8 Å². The zero-order valence-corrected chi connectivity index (χ0v) is 18.4. The number of rotatable bonds is 5. The van der Waals surface area contributed by atoms with Crippen LogP contribution in [0.5, 0.6) is 5.75 Å². The van der Waals surface area contributed by atoms with Gasteiger partial charge in [0.05, 0.1) is 11.6 Å². The molecule has 31 heavy (non-hydrogen) atoms. The molecule has 3 aliphatic rings. The molecule has 6 heteroatoms. The van der Waals surface area contributed by atoms with Crippen LogP contribution in [0.2, 0.25) is 0 Å². The van der Waals surface area contributed by atoms with Crippen molar-refractivity contribution in [1.82, 2.24) is 9.88 Å². The minimum atomic E-state index is -0.286. The fourth-order valence-electron chi connectivity index (χ4n) is 4.90. The van der Waals surface area contributed by atoms with Gasteiger partial charge in [-0.15, -0.1) is 11.3 Å². The average molecular weight is 437 g/mol. The quantitative estimate of drug-likeness (QED) is 0.525. The Balaban J connectivity index is 1.45. The Hall–Kier alpha value is -2.73. The summed E-state index contributed by atoms with van der Waals surface area (Å²) < 4.78 is 19.2. The van der Waals surface area contributed by atoms with Crippen LogP contribution in [-0.2, 0) is 0 Å². The van der Waals surface area contributed by atoms with Gasteiger partial charge in [-0.3, -0.25) is 4.79 Å². The van der Waals surface area contributed by atoms with Gasteiger partial charge in [0.25, 0.3) is 5.91 Å². The Morgan fingerprint density at radius 2 is 2.00 bits per heavy atom. The number of thiazole rings is 1. The largest absolute Gasteiger partial charge is 0.491 e. The van der Waals surface area contributed by atoms with E-state index in [9.17, 15) is 9.18 Å². The Labute approximate surface area is 185 Å². The lowest BCUT2D eigenvalue weighted by atomic mass is 9.64. The van der Waals surface area contributed by atoms with Crippen molar-refractivity contribution in [3.63, 3.8) is 0 Å². The number of fused-ring (bicyclic) bond motifs is 2. The third kappa shape index (κ3) is 3.74. The van der Waals surface area contributed by atoms with Crippen LogP contribution >= 0.6 is 11.3 Å². The Morgan fingerprint density at radius 3 is 2.71 bits per heavy atom. The first kappa shape index (κ1) is 20.2. The molecule has 3 fully saturated rings. The van der Waals surface area contributed by atoms with Crippen LogP contribution in [0.15, 0.2) is 54.0 Å². The molecule has 6 rings (SSSR count). The number of carbonyl (C=O) groups excluding carboxylic acids is 1. The summed E-state index contributed by atoms with van der Waals surface area (Å²) in [6.07, 6.45) is 3.88. The number of hydrogen-bond acceptors (Lipinski definition) is 4. The average Bonchev–Trinajstić information content (AvgIpc) is 3.27. The molecule has 160 valence electrons. The molecule has 1 saturated carbocycles. The molecule has 0 N–H and O–H groups in total. The van der Waals surface area contributed by atoms with Gasteiger partial charge < -0.3 is 9.64 Å². The van der Waals surface area contributed by atoms with Crippen LogP contribution in [-0.4, -0.2) is 34.5 Å². The van der Waals surface area contributed by atoms with Gasteiger partial charge in [0.2, 0.25) is 0 Å². The molecule has 0 unspecified atom stereocenters. The van der Waals surface area contributed by atoms with Crippen LogP contribution in [0.1, 0.15) is 35.7 Å². The maximum absolute atomic E-state index is 13.9. The van der Waals surface area contributed by atoms with Crippen LogP contribution < -0.4 is 4.74 Å². The summed E-state index contributed by atoms with van der Waals surface area (Å²) in [6, 6.07) is 12.3. The van der Waals surface area contributed by atoms with E-state index in [1.54, 1.807) is 29.7 Å². The first-order valence-electron chi connectivity index (χ1n) is 10.7. The lowest BCUT2D eigenvalue weighted by Gasteiger charge is -2.57. The van der Waals surface area contributed by atoms with Crippen molar-refractivity contribution >= 4 is 17.2 Å². The zero-order valence-electron chi connectivity index (χ0n) is 17.6. The molecule has 0 radical (unpaired) electrons. The van der Waals surface area contributed by atoms with Gasteiger partial charge in [0.15, 0.2) is 0 Å². The van der Waals surface area contributed by atoms with Crippen molar-refractivity contribution in [1.29, 1.82) is 0 Å². The van der Waals surface area contributed by atoms with E-state index in [-0.39, 0.29) is 23.8 Å². The van der Waals surface area contributed by atoms with Crippen molar-refractivity contribution in [2.45, 2.75) is 38.8 Å². The number of hydrogen-bond donors (Lipinski definition) is 0. The first-order valence-corrected chi connectivity index (χ1v) is 11.6. The number of halogens is 1. The summed E-state index contributed by atoms with van der Waals surface area (Å²) in [4.78, 5) is 20.4. The number of aryl methyl sites for hydroxylation is 1. The molecule has 1 aliphatic carbocycles. The first-order chi connectivity index (χ1) is 15.0. The zero-order chi connectivity index (χ0) is 21.5. The highest BCUT2D eigenvalue weighted by atomic mass is 32.1. The minimum absolute atomic E-state index is 0.0142. The van der Waals surface area contributed by atoms with Crippen molar-refractivity contribution < 1.29 is 13.9 Å². The third-order valence-electron chi connectivity index (χ3n) is 6.79. The summed E-state index contributed by atoms with van der Waals surface area (Å²) in [5.74, 6) is 1.37. The summed E-state index contributed by atoms with van der Waals surface area (Å²) in [5.41, 5.74) is 2.65. The van der Waals surface area contributed by atoms with Gasteiger partial charge in [-0.05, 0) is 61.9 Å². The topological polar surface area (TPSA) is 42.4 Å².